The van der Waals surface area contributed by atoms with Crippen LogP contribution >= 0.6 is 11.6 Å². The van der Waals surface area contributed by atoms with Gasteiger partial charge in [-0.1, -0.05) is 29.8 Å². The van der Waals surface area contributed by atoms with E-state index in [1.165, 1.54) is 24.0 Å². The number of hydrogen-bond donors (Lipinski definition) is 1. The van der Waals surface area contributed by atoms with E-state index in [1.807, 2.05) is 0 Å². The van der Waals surface area contributed by atoms with Gasteiger partial charge in [0, 0.05) is 41.2 Å². The number of amides is 2. The van der Waals surface area contributed by atoms with Crippen LogP contribution in [-0.4, -0.2) is 45.8 Å². The number of carbonyl (C=O) groups excluding carboxylic acids is 3. The Labute approximate surface area is 194 Å². The summed E-state index contributed by atoms with van der Waals surface area (Å²) in [6.45, 7) is 0.925. The monoisotopic (exact) mass is 472 g/mol. The van der Waals surface area contributed by atoms with Crippen molar-refractivity contribution in [1.29, 1.82) is 0 Å². The number of aromatic nitrogens is 1. The van der Waals surface area contributed by atoms with Gasteiger partial charge in [0.05, 0.1) is 11.6 Å². The Morgan fingerprint density at radius 2 is 2.06 bits per heavy atom. The lowest BCUT2D eigenvalue weighted by atomic mass is 10.1. The van der Waals surface area contributed by atoms with Crippen LogP contribution in [0.25, 0.3) is 10.9 Å². The van der Waals surface area contributed by atoms with Crippen LogP contribution in [0.5, 0.6) is 0 Å². The Hall–Kier alpha value is -3.26. The van der Waals surface area contributed by atoms with E-state index in [0.29, 0.717) is 16.5 Å². The maximum absolute atomic E-state index is 14.2. The first-order valence-electron chi connectivity index (χ1n) is 10.4. The zero-order valence-corrected chi connectivity index (χ0v) is 18.5. The van der Waals surface area contributed by atoms with Crippen molar-refractivity contribution in [2.45, 2.75) is 38.6 Å². The lowest BCUT2D eigenvalue weighted by Crippen LogP contribution is -2.46. The third kappa shape index (κ3) is 4.61. The van der Waals surface area contributed by atoms with E-state index in [0.717, 1.165) is 0 Å². The Morgan fingerprint density at radius 1 is 1.27 bits per heavy atom. The SMILES string of the molecule is CC(=O)c1cn(CC(=O)N2C[C@H](F)C[C@@H]2C(=O)NCc2cccc(Cl)c2F)c2cc[c]cc12. The van der Waals surface area contributed by atoms with Gasteiger partial charge in [-0.15, -0.1) is 0 Å². The smallest absolute Gasteiger partial charge is 0.243 e. The fourth-order valence-corrected chi connectivity index (χ4v) is 4.32. The van der Waals surface area contributed by atoms with Crippen LogP contribution < -0.4 is 5.32 Å². The van der Waals surface area contributed by atoms with E-state index in [1.54, 1.807) is 35.0 Å². The number of alkyl halides is 1. The van der Waals surface area contributed by atoms with Crippen molar-refractivity contribution in [3.05, 3.63) is 70.6 Å². The van der Waals surface area contributed by atoms with Gasteiger partial charge < -0.3 is 14.8 Å². The van der Waals surface area contributed by atoms with Gasteiger partial charge in [-0.25, -0.2) is 8.78 Å². The third-order valence-electron chi connectivity index (χ3n) is 5.77. The minimum absolute atomic E-state index is 0.0651. The molecule has 0 saturated carbocycles. The largest absolute Gasteiger partial charge is 0.350 e. The molecule has 2 aromatic carbocycles. The van der Waals surface area contributed by atoms with Crippen LogP contribution in [0.1, 0.15) is 29.3 Å². The summed E-state index contributed by atoms with van der Waals surface area (Å²) in [6.07, 6.45) is 0.0883. The number of Topliss-reactive ketones (excluding diaryl/α,β-unsaturated/α-hetero) is 1. The predicted molar refractivity (Wildman–Crippen MR) is 119 cm³/mol. The lowest BCUT2D eigenvalue weighted by molar-refractivity contribution is -0.139. The summed E-state index contributed by atoms with van der Waals surface area (Å²) in [5, 5.41) is 3.18. The Bertz CT molecular complexity index is 1240. The van der Waals surface area contributed by atoms with E-state index in [2.05, 4.69) is 11.4 Å². The van der Waals surface area contributed by atoms with Crippen LogP contribution in [0.4, 0.5) is 8.78 Å². The van der Waals surface area contributed by atoms with Crippen LogP contribution in [0.2, 0.25) is 5.02 Å². The quantitative estimate of drug-likeness (QED) is 0.556. The van der Waals surface area contributed by atoms with Crippen LogP contribution in [0, 0.1) is 11.9 Å². The molecule has 1 radical (unpaired) electrons. The van der Waals surface area contributed by atoms with Crippen molar-refractivity contribution in [3.63, 3.8) is 0 Å². The van der Waals surface area contributed by atoms with Crippen molar-refractivity contribution >= 4 is 40.1 Å². The normalized spacial score (nSPS) is 18.0. The molecule has 4 rings (SSSR count). The molecule has 171 valence electrons. The van der Waals surface area contributed by atoms with Gasteiger partial charge in [-0.2, -0.15) is 0 Å². The molecular formula is C24H21ClF2N3O3. The van der Waals surface area contributed by atoms with E-state index in [9.17, 15) is 23.2 Å². The summed E-state index contributed by atoms with van der Waals surface area (Å²) in [6, 6.07) is 11.4. The molecule has 2 amide bonds. The maximum atomic E-state index is 14.2. The zero-order chi connectivity index (χ0) is 23.7. The predicted octanol–water partition coefficient (Wildman–Crippen LogP) is 3.69. The lowest BCUT2D eigenvalue weighted by Gasteiger charge is -2.24. The summed E-state index contributed by atoms with van der Waals surface area (Å²) >= 11 is 5.76. The summed E-state index contributed by atoms with van der Waals surface area (Å²) in [5.74, 6) is -1.81. The summed E-state index contributed by atoms with van der Waals surface area (Å²) in [7, 11) is 0. The molecule has 6 nitrogen and oxygen atoms in total. The second kappa shape index (κ2) is 9.31. The number of rotatable bonds is 6. The van der Waals surface area contributed by atoms with Crippen molar-refractivity contribution < 1.29 is 23.2 Å². The van der Waals surface area contributed by atoms with Crippen molar-refractivity contribution in [3.8, 4) is 0 Å². The fraction of sp³-hybridized carbons (Fsp3) is 0.292. The zero-order valence-electron chi connectivity index (χ0n) is 17.8. The minimum atomic E-state index is -1.35. The summed E-state index contributed by atoms with van der Waals surface area (Å²) in [5.41, 5.74) is 1.31. The highest BCUT2D eigenvalue weighted by molar-refractivity contribution is 6.30. The maximum Gasteiger partial charge on any atom is 0.243 e. The number of fused-ring (bicyclic) bond motifs is 1. The molecule has 1 N–H and O–H groups in total. The molecule has 1 saturated heterocycles. The standard InChI is InChI=1S/C24H21ClF2N3O3/c1-14(31)18-12-29(20-8-3-2-6-17(18)20)13-22(32)30-11-16(26)9-21(30)24(33)28-10-15-5-4-7-19(25)23(15)27/h3-8,12,16,21H,9-11,13H2,1H3,(H,28,33)/t16-,21-/m1/s1. The Balaban J connectivity index is 1.50. The van der Waals surface area contributed by atoms with Gasteiger partial charge in [0.2, 0.25) is 11.8 Å². The summed E-state index contributed by atoms with van der Waals surface area (Å²) < 4.78 is 29.9. The molecule has 0 aliphatic carbocycles. The van der Waals surface area contributed by atoms with Crippen LogP contribution in [0.15, 0.2) is 42.6 Å². The van der Waals surface area contributed by atoms with Gasteiger partial charge in [0.1, 0.15) is 24.6 Å². The van der Waals surface area contributed by atoms with Gasteiger partial charge >= 0.3 is 0 Å². The first kappa shape index (κ1) is 22.9. The topological polar surface area (TPSA) is 71.4 Å². The molecule has 3 aromatic rings. The second-order valence-corrected chi connectivity index (χ2v) is 8.40. The number of hydrogen-bond acceptors (Lipinski definition) is 3. The van der Waals surface area contributed by atoms with Gasteiger partial charge in [-0.05, 0) is 31.2 Å². The van der Waals surface area contributed by atoms with Gasteiger partial charge in [0.25, 0.3) is 0 Å². The van der Waals surface area contributed by atoms with Crippen molar-refractivity contribution in [2.24, 2.45) is 0 Å². The highest BCUT2D eigenvalue weighted by Gasteiger charge is 2.39. The number of nitrogens with zero attached hydrogens (tertiary/aromatic N) is 2. The van der Waals surface area contributed by atoms with Crippen molar-refractivity contribution in [1.82, 2.24) is 14.8 Å². The molecule has 0 unspecified atom stereocenters. The van der Waals surface area contributed by atoms with E-state index in [4.69, 9.17) is 11.6 Å². The molecule has 9 heteroatoms. The number of halogens is 3. The van der Waals surface area contributed by atoms with Crippen molar-refractivity contribution in [2.75, 3.05) is 6.54 Å². The van der Waals surface area contributed by atoms with E-state index in [-0.39, 0.29) is 42.4 Å². The average molecular weight is 473 g/mol. The molecule has 2 heterocycles. The van der Waals surface area contributed by atoms with Gasteiger partial charge in [-0.3, -0.25) is 14.4 Å². The highest BCUT2D eigenvalue weighted by atomic mass is 35.5. The molecule has 1 aliphatic rings. The molecule has 0 spiro atoms. The Kier molecular flexibility index (Phi) is 6.47. The number of carbonyl (C=O) groups is 3. The molecule has 1 fully saturated rings. The number of nitrogens with one attached hydrogen (secondary N) is 1. The number of benzene rings is 2. The molecule has 1 aliphatic heterocycles. The molecule has 2 atom stereocenters. The van der Waals surface area contributed by atoms with Crippen LogP contribution in [0.3, 0.4) is 0 Å². The fourth-order valence-electron chi connectivity index (χ4n) is 4.13. The third-order valence-corrected chi connectivity index (χ3v) is 6.06. The molecule has 0 bridgehead atoms. The van der Waals surface area contributed by atoms with E-state index >= 15 is 0 Å². The molecule has 1 aromatic heterocycles. The first-order chi connectivity index (χ1) is 15.8. The summed E-state index contributed by atoms with van der Waals surface area (Å²) in [4.78, 5) is 39.0. The Morgan fingerprint density at radius 3 is 2.82 bits per heavy atom. The molecule has 33 heavy (non-hydrogen) atoms. The van der Waals surface area contributed by atoms with E-state index < -0.39 is 29.8 Å². The van der Waals surface area contributed by atoms with Crippen LogP contribution in [-0.2, 0) is 22.7 Å². The highest BCUT2D eigenvalue weighted by Crippen LogP contribution is 2.25. The van der Waals surface area contributed by atoms with Gasteiger partial charge in [0.15, 0.2) is 5.78 Å². The first-order valence-corrected chi connectivity index (χ1v) is 10.8. The minimum Gasteiger partial charge on any atom is -0.350 e. The second-order valence-electron chi connectivity index (χ2n) is 8.00. The molecular weight excluding hydrogens is 452 g/mol. The number of ketones is 1. The number of likely N-dealkylation sites (tertiary alicyclic amines) is 1. The average Bonchev–Trinajstić information content (AvgIpc) is 3.36.